The average molecular weight is 359 g/mol. The second-order valence-corrected chi connectivity index (χ2v) is 5.82. The Balaban J connectivity index is 0.000000730. The molecule has 1 N–H and O–H groups in total. The van der Waals surface area contributed by atoms with Crippen molar-refractivity contribution in [1.82, 2.24) is 10.1 Å². The topological polar surface area (TPSA) is 68.0 Å². The number of hydrogen-bond donors (Lipinski definition) is 1. The number of carbonyl (C=O) groups is 1. The Labute approximate surface area is 153 Å². The highest BCUT2D eigenvalue weighted by Crippen LogP contribution is 2.30. The van der Waals surface area contributed by atoms with Crippen LogP contribution in [0.2, 0.25) is 0 Å². The van der Waals surface area contributed by atoms with E-state index in [1.165, 1.54) is 29.2 Å². The lowest BCUT2D eigenvalue weighted by Gasteiger charge is -1.99. The van der Waals surface area contributed by atoms with E-state index >= 15 is 0 Å². The van der Waals surface area contributed by atoms with Crippen molar-refractivity contribution in [3.8, 4) is 11.3 Å². The third-order valence-corrected chi connectivity index (χ3v) is 3.89. The molecule has 0 atom stereocenters. The zero-order chi connectivity index (χ0) is 18.8. The van der Waals surface area contributed by atoms with E-state index in [0.717, 1.165) is 16.1 Å². The number of rotatable bonds is 3. The van der Waals surface area contributed by atoms with Crippen molar-refractivity contribution < 1.29 is 9.32 Å². The fourth-order valence-electron chi connectivity index (χ4n) is 1.92. The van der Waals surface area contributed by atoms with Gasteiger partial charge < -0.3 is 4.52 Å². The van der Waals surface area contributed by atoms with Gasteiger partial charge in [0.1, 0.15) is 0 Å². The molecule has 25 heavy (non-hydrogen) atoms. The maximum atomic E-state index is 11.9. The third-order valence-electron chi connectivity index (χ3n) is 3.00. The van der Waals surface area contributed by atoms with E-state index in [1.807, 2.05) is 65.8 Å². The molecule has 3 aromatic rings. The summed E-state index contributed by atoms with van der Waals surface area (Å²) in [5, 5.41) is 6.78. The number of hydrogen-bond acceptors (Lipinski definition) is 5. The number of anilines is 1. The Bertz CT molecular complexity index is 763. The third kappa shape index (κ3) is 5.53. The van der Waals surface area contributed by atoms with Gasteiger partial charge in [0.05, 0.1) is 11.9 Å². The molecule has 0 bridgehead atoms. The number of amides is 1. The van der Waals surface area contributed by atoms with Gasteiger partial charge in [0.2, 0.25) is 5.76 Å². The van der Waals surface area contributed by atoms with Crippen molar-refractivity contribution in [2.24, 2.45) is 0 Å². The summed E-state index contributed by atoms with van der Waals surface area (Å²) in [6.07, 6.45) is 1.43. The maximum Gasteiger partial charge on any atom is 0.296 e. The van der Waals surface area contributed by atoms with Crippen molar-refractivity contribution in [3.63, 3.8) is 0 Å². The summed E-state index contributed by atoms with van der Waals surface area (Å²) in [5.41, 5.74) is 3.12. The molecular weight excluding hydrogens is 334 g/mol. The maximum absolute atomic E-state index is 11.9. The highest BCUT2D eigenvalue weighted by molar-refractivity contribution is 7.16. The Kier molecular flexibility index (Phi) is 8.56. The van der Waals surface area contributed by atoms with Gasteiger partial charge in [-0.25, -0.2) is 4.98 Å². The van der Waals surface area contributed by atoms with Gasteiger partial charge in [0, 0.05) is 16.5 Å². The lowest BCUT2D eigenvalue weighted by atomic mass is 10.1. The van der Waals surface area contributed by atoms with Gasteiger partial charge in [-0.05, 0) is 13.8 Å². The summed E-state index contributed by atoms with van der Waals surface area (Å²) in [6.45, 7) is 12.0. The van der Waals surface area contributed by atoms with Crippen molar-refractivity contribution in [1.29, 1.82) is 0 Å². The molecule has 134 valence electrons. The molecule has 1 amide bonds. The molecule has 0 saturated carbocycles. The number of aryl methyl sites for hydroxylation is 2. The summed E-state index contributed by atoms with van der Waals surface area (Å²) >= 11 is 1.43. The van der Waals surface area contributed by atoms with Crippen molar-refractivity contribution in [3.05, 3.63) is 52.7 Å². The lowest BCUT2D eigenvalue weighted by Crippen LogP contribution is -2.10. The van der Waals surface area contributed by atoms with Crippen LogP contribution in [0.15, 0.2) is 41.1 Å². The standard InChI is InChI=1S/C15H13N3O2S.2C2H6/c1-9-3-5-11(6-4-9)13-10(2)21-15(17-13)18-14(19)12-7-8-16-20-12;2*1-2/h3-8H,1-2H3,(H,17,18,19);2*1-2H3. The Morgan fingerprint density at radius 3 is 2.24 bits per heavy atom. The van der Waals surface area contributed by atoms with Crippen LogP contribution in [0.25, 0.3) is 11.3 Å². The molecular formula is C19H25N3O2S. The molecule has 0 unspecified atom stereocenters. The van der Waals surface area contributed by atoms with Gasteiger partial charge in [-0.1, -0.05) is 62.7 Å². The van der Waals surface area contributed by atoms with Crippen molar-refractivity contribution >= 4 is 22.4 Å². The minimum atomic E-state index is -0.350. The predicted molar refractivity (Wildman–Crippen MR) is 104 cm³/mol. The van der Waals surface area contributed by atoms with Crippen molar-refractivity contribution in [2.45, 2.75) is 41.5 Å². The highest BCUT2D eigenvalue weighted by atomic mass is 32.1. The van der Waals surface area contributed by atoms with E-state index in [-0.39, 0.29) is 11.7 Å². The van der Waals surface area contributed by atoms with Crippen LogP contribution in [-0.2, 0) is 0 Å². The zero-order valence-corrected chi connectivity index (χ0v) is 16.4. The monoisotopic (exact) mass is 359 g/mol. The first-order valence-corrected chi connectivity index (χ1v) is 9.21. The Morgan fingerprint density at radius 2 is 1.68 bits per heavy atom. The Hall–Kier alpha value is -2.47. The SMILES string of the molecule is CC.CC.Cc1ccc(-c2nc(NC(=O)c3ccno3)sc2C)cc1. The quantitative estimate of drug-likeness (QED) is 0.649. The lowest BCUT2D eigenvalue weighted by molar-refractivity contribution is 0.0988. The van der Waals surface area contributed by atoms with E-state index < -0.39 is 0 Å². The summed E-state index contributed by atoms with van der Waals surface area (Å²) < 4.78 is 4.82. The summed E-state index contributed by atoms with van der Waals surface area (Å²) in [5.74, 6) is -0.184. The van der Waals surface area contributed by atoms with Crippen LogP contribution in [0.4, 0.5) is 5.13 Å². The van der Waals surface area contributed by atoms with Gasteiger partial charge in [-0.2, -0.15) is 0 Å². The average Bonchev–Trinajstić information content (AvgIpc) is 3.29. The zero-order valence-electron chi connectivity index (χ0n) is 15.6. The number of thiazole rings is 1. The van der Waals surface area contributed by atoms with E-state index in [0.29, 0.717) is 5.13 Å². The predicted octanol–water partition coefficient (Wildman–Crippen LogP) is 5.72. The molecule has 2 aromatic heterocycles. The van der Waals surface area contributed by atoms with Crippen LogP contribution in [-0.4, -0.2) is 16.0 Å². The first kappa shape index (κ1) is 20.6. The number of benzene rings is 1. The van der Waals surface area contributed by atoms with Gasteiger partial charge in [0.25, 0.3) is 5.91 Å². The molecule has 5 nitrogen and oxygen atoms in total. The van der Waals surface area contributed by atoms with Crippen LogP contribution in [0, 0.1) is 13.8 Å². The number of nitrogens with one attached hydrogen (secondary N) is 1. The van der Waals surface area contributed by atoms with Crippen LogP contribution in [0.3, 0.4) is 0 Å². The van der Waals surface area contributed by atoms with E-state index in [2.05, 4.69) is 15.5 Å². The van der Waals surface area contributed by atoms with E-state index in [4.69, 9.17) is 4.52 Å². The second-order valence-electron chi connectivity index (χ2n) is 4.62. The molecule has 0 aliphatic carbocycles. The highest BCUT2D eigenvalue weighted by Gasteiger charge is 2.15. The molecule has 6 heteroatoms. The van der Waals surface area contributed by atoms with Gasteiger partial charge in [-0.3, -0.25) is 10.1 Å². The van der Waals surface area contributed by atoms with E-state index in [1.54, 1.807) is 0 Å². The first-order chi connectivity index (χ1) is 12.1. The number of aromatic nitrogens is 2. The van der Waals surface area contributed by atoms with E-state index in [9.17, 15) is 4.79 Å². The fourth-order valence-corrected chi connectivity index (χ4v) is 2.75. The van der Waals surface area contributed by atoms with Crippen LogP contribution < -0.4 is 5.32 Å². The summed E-state index contributed by atoms with van der Waals surface area (Å²) in [4.78, 5) is 17.4. The minimum absolute atomic E-state index is 0.166. The van der Waals surface area contributed by atoms with Gasteiger partial charge in [-0.15, -0.1) is 11.3 Å². The molecule has 0 fully saturated rings. The minimum Gasteiger partial charge on any atom is -0.351 e. The molecule has 0 aliphatic heterocycles. The van der Waals surface area contributed by atoms with Gasteiger partial charge in [0.15, 0.2) is 5.13 Å². The number of nitrogens with zero attached hydrogens (tertiary/aromatic N) is 2. The largest absolute Gasteiger partial charge is 0.351 e. The number of carbonyl (C=O) groups excluding carboxylic acids is 1. The molecule has 0 saturated heterocycles. The van der Waals surface area contributed by atoms with Crippen LogP contribution >= 0.6 is 11.3 Å². The van der Waals surface area contributed by atoms with Gasteiger partial charge >= 0.3 is 0 Å². The molecule has 0 aliphatic rings. The summed E-state index contributed by atoms with van der Waals surface area (Å²) in [7, 11) is 0. The van der Waals surface area contributed by atoms with Crippen LogP contribution in [0.1, 0.15) is 48.7 Å². The molecule has 1 aromatic carbocycles. The Morgan fingerprint density at radius 1 is 1.04 bits per heavy atom. The normalized spacial score (nSPS) is 9.36. The molecule has 3 rings (SSSR count). The molecule has 2 heterocycles. The molecule has 0 radical (unpaired) electrons. The first-order valence-electron chi connectivity index (χ1n) is 8.40. The second kappa shape index (κ2) is 10.4. The smallest absolute Gasteiger partial charge is 0.296 e. The van der Waals surface area contributed by atoms with Crippen molar-refractivity contribution in [2.75, 3.05) is 5.32 Å². The fraction of sp³-hybridized carbons (Fsp3) is 0.316. The molecule has 0 spiro atoms. The summed E-state index contributed by atoms with van der Waals surface area (Å²) in [6, 6.07) is 9.65. The van der Waals surface area contributed by atoms with Crippen LogP contribution in [0.5, 0.6) is 0 Å².